The lowest BCUT2D eigenvalue weighted by atomic mass is 9.91. The highest BCUT2D eigenvalue weighted by Gasteiger charge is 2.25. The Morgan fingerprint density at radius 2 is 2.27 bits per heavy atom. The van der Waals surface area contributed by atoms with Crippen molar-refractivity contribution in [2.24, 2.45) is 5.73 Å². The first-order valence-electron chi connectivity index (χ1n) is 5.25. The predicted molar refractivity (Wildman–Crippen MR) is 59.3 cm³/mol. The van der Waals surface area contributed by atoms with Crippen LogP contribution in [-0.4, -0.2) is 24.4 Å². The molecule has 2 N–H and O–H groups in total. The predicted octanol–water partition coefficient (Wildman–Crippen LogP) is 1.09. The number of hydrogen-bond acceptors (Lipinski definition) is 2. The van der Waals surface area contributed by atoms with Gasteiger partial charge in [-0.15, -0.1) is 0 Å². The number of carbonyl (C=O) groups is 1. The van der Waals surface area contributed by atoms with Crippen molar-refractivity contribution in [3.8, 4) is 0 Å². The van der Waals surface area contributed by atoms with Gasteiger partial charge < -0.3 is 5.73 Å². The summed E-state index contributed by atoms with van der Waals surface area (Å²) in [4.78, 5) is 13.2. The minimum absolute atomic E-state index is 0.160. The molecular weight excluding hydrogens is 188 g/mol. The first-order valence-corrected chi connectivity index (χ1v) is 5.25. The monoisotopic (exact) mass is 204 g/mol. The van der Waals surface area contributed by atoms with Crippen molar-refractivity contribution in [3.05, 3.63) is 35.4 Å². The van der Waals surface area contributed by atoms with Gasteiger partial charge in [0.2, 0.25) is 5.91 Å². The smallest absolute Gasteiger partial charge is 0.219 e. The topological polar surface area (TPSA) is 46.3 Å². The second kappa shape index (κ2) is 4.03. The van der Waals surface area contributed by atoms with Crippen LogP contribution in [0, 0.1) is 0 Å². The molecule has 1 aromatic carbocycles. The number of hydrogen-bond donors (Lipinski definition) is 1. The SMILES string of the molecule is CN1CCc2ccccc2[C@@H]1CC(N)=O. The molecule has 1 aromatic rings. The molecule has 0 spiro atoms. The molecule has 80 valence electrons. The number of nitrogens with zero attached hydrogens (tertiary/aromatic N) is 1. The van der Waals surface area contributed by atoms with E-state index in [4.69, 9.17) is 5.73 Å². The van der Waals surface area contributed by atoms with Crippen LogP contribution in [-0.2, 0) is 11.2 Å². The van der Waals surface area contributed by atoms with Gasteiger partial charge in [0.1, 0.15) is 0 Å². The van der Waals surface area contributed by atoms with E-state index in [1.54, 1.807) is 0 Å². The van der Waals surface area contributed by atoms with E-state index in [-0.39, 0.29) is 11.9 Å². The highest BCUT2D eigenvalue weighted by atomic mass is 16.1. The summed E-state index contributed by atoms with van der Waals surface area (Å²) >= 11 is 0. The van der Waals surface area contributed by atoms with Crippen molar-refractivity contribution < 1.29 is 4.79 Å². The normalized spacial score (nSPS) is 21.0. The van der Waals surface area contributed by atoms with Crippen molar-refractivity contribution >= 4 is 5.91 Å². The van der Waals surface area contributed by atoms with Crippen LogP contribution in [0.4, 0.5) is 0 Å². The molecular formula is C12H16N2O. The third-order valence-corrected chi connectivity index (χ3v) is 3.07. The molecule has 0 fully saturated rings. The van der Waals surface area contributed by atoms with E-state index in [0.29, 0.717) is 6.42 Å². The van der Waals surface area contributed by atoms with E-state index < -0.39 is 0 Å². The summed E-state index contributed by atoms with van der Waals surface area (Å²) in [5, 5.41) is 0. The zero-order chi connectivity index (χ0) is 10.8. The molecule has 0 aliphatic carbocycles. The average molecular weight is 204 g/mol. The number of carbonyl (C=O) groups excluding carboxylic acids is 1. The first kappa shape index (κ1) is 10.2. The van der Waals surface area contributed by atoms with Crippen LogP contribution in [0.5, 0.6) is 0 Å². The van der Waals surface area contributed by atoms with Gasteiger partial charge in [0.25, 0.3) is 0 Å². The zero-order valence-corrected chi connectivity index (χ0v) is 8.94. The molecule has 0 unspecified atom stereocenters. The van der Waals surface area contributed by atoms with Crippen LogP contribution in [0.1, 0.15) is 23.6 Å². The molecule has 3 heteroatoms. The van der Waals surface area contributed by atoms with Crippen LogP contribution in [0.15, 0.2) is 24.3 Å². The maximum absolute atomic E-state index is 11.0. The van der Waals surface area contributed by atoms with Crippen molar-refractivity contribution in [3.63, 3.8) is 0 Å². The lowest BCUT2D eigenvalue weighted by Crippen LogP contribution is -2.34. The number of fused-ring (bicyclic) bond motifs is 1. The summed E-state index contributed by atoms with van der Waals surface area (Å²) in [6, 6.07) is 8.46. The molecule has 0 bridgehead atoms. The van der Waals surface area contributed by atoms with Gasteiger partial charge in [-0.25, -0.2) is 0 Å². The van der Waals surface area contributed by atoms with Crippen molar-refractivity contribution in [2.45, 2.75) is 18.9 Å². The molecule has 0 saturated heterocycles. The maximum atomic E-state index is 11.0. The summed E-state index contributed by atoms with van der Waals surface area (Å²) in [5.41, 5.74) is 7.88. The number of rotatable bonds is 2. The standard InChI is InChI=1S/C12H16N2O/c1-14-7-6-9-4-2-3-5-10(9)11(14)8-12(13)15/h2-5,11H,6-8H2,1H3,(H2,13,15)/t11-/m0/s1. The van der Waals surface area contributed by atoms with Crippen LogP contribution in [0.2, 0.25) is 0 Å². The van der Waals surface area contributed by atoms with E-state index in [1.165, 1.54) is 11.1 Å². The second-order valence-electron chi connectivity index (χ2n) is 4.12. The molecule has 15 heavy (non-hydrogen) atoms. The Hall–Kier alpha value is -1.35. The van der Waals surface area contributed by atoms with Crippen LogP contribution < -0.4 is 5.73 Å². The quantitative estimate of drug-likeness (QED) is 0.784. The Bertz CT molecular complexity index is 376. The third-order valence-electron chi connectivity index (χ3n) is 3.07. The molecule has 0 aromatic heterocycles. The largest absolute Gasteiger partial charge is 0.370 e. The van der Waals surface area contributed by atoms with Crippen molar-refractivity contribution in [1.29, 1.82) is 0 Å². The Kier molecular flexibility index (Phi) is 2.73. The second-order valence-corrected chi connectivity index (χ2v) is 4.12. The van der Waals surface area contributed by atoms with Crippen LogP contribution in [0.3, 0.4) is 0 Å². The van der Waals surface area contributed by atoms with E-state index in [2.05, 4.69) is 17.0 Å². The van der Waals surface area contributed by atoms with E-state index in [1.807, 2.05) is 19.2 Å². The Balaban J connectivity index is 2.32. The fourth-order valence-corrected chi connectivity index (χ4v) is 2.23. The Morgan fingerprint density at radius 3 is 3.00 bits per heavy atom. The van der Waals surface area contributed by atoms with Gasteiger partial charge in [0.15, 0.2) is 0 Å². The number of nitrogens with two attached hydrogens (primary N) is 1. The fourth-order valence-electron chi connectivity index (χ4n) is 2.23. The van der Waals surface area contributed by atoms with Gasteiger partial charge >= 0.3 is 0 Å². The maximum Gasteiger partial charge on any atom is 0.219 e. The minimum Gasteiger partial charge on any atom is -0.370 e. The number of benzene rings is 1. The summed E-state index contributed by atoms with van der Waals surface area (Å²) in [6.45, 7) is 0.995. The van der Waals surface area contributed by atoms with E-state index in [0.717, 1.165) is 13.0 Å². The highest BCUT2D eigenvalue weighted by molar-refractivity contribution is 5.74. The number of amides is 1. The fraction of sp³-hybridized carbons (Fsp3) is 0.417. The van der Waals surface area contributed by atoms with Crippen LogP contribution in [0.25, 0.3) is 0 Å². The summed E-state index contributed by atoms with van der Waals surface area (Å²) in [7, 11) is 2.05. The van der Waals surface area contributed by atoms with Crippen LogP contribution >= 0.6 is 0 Å². The van der Waals surface area contributed by atoms with Gasteiger partial charge in [-0.1, -0.05) is 24.3 Å². The summed E-state index contributed by atoms with van der Waals surface area (Å²) in [5.74, 6) is -0.233. The average Bonchev–Trinajstić information content (AvgIpc) is 2.22. The molecule has 1 aliphatic heterocycles. The minimum atomic E-state index is -0.233. The van der Waals surface area contributed by atoms with Gasteiger partial charge in [-0.05, 0) is 24.6 Å². The lowest BCUT2D eigenvalue weighted by Gasteiger charge is -2.33. The third kappa shape index (κ3) is 2.02. The van der Waals surface area contributed by atoms with Crippen molar-refractivity contribution in [1.82, 2.24) is 4.90 Å². The molecule has 1 heterocycles. The Morgan fingerprint density at radius 1 is 1.53 bits per heavy atom. The molecule has 1 amide bonds. The van der Waals surface area contributed by atoms with E-state index in [9.17, 15) is 4.79 Å². The summed E-state index contributed by atoms with van der Waals surface area (Å²) < 4.78 is 0. The van der Waals surface area contributed by atoms with Gasteiger partial charge in [0.05, 0.1) is 0 Å². The number of primary amides is 1. The van der Waals surface area contributed by atoms with Gasteiger partial charge in [-0.2, -0.15) is 0 Å². The highest BCUT2D eigenvalue weighted by Crippen LogP contribution is 2.30. The molecule has 0 radical (unpaired) electrons. The molecule has 1 aliphatic rings. The van der Waals surface area contributed by atoms with Gasteiger partial charge in [-0.3, -0.25) is 9.69 Å². The number of likely N-dealkylation sites (N-methyl/N-ethyl adjacent to an activating group) is 1. The summed E-state index contributed by atoms with van der Waals surface area (Å²) in [6.07, 6.45) is 1.47. The van der Waals surface area contributed by atoms with Crippen molar-refractivity contribution in [2.75, 3.05) is 13.6 Å². The molecule has 0 saturated carbocycles. The Labute approximate surface area is 89.9 Å². The van der Waals surface area contributed by atoms with E-state index >= 15 is 0 Å². The molecule has 1 atom stereocenters. The zero-order valence-electron chi connectivity index (χ0n) is 8.94. The van der Waals surface area contributed by atoms with Gasteiger partial charge in [0, 0.05) is 19.0 Å². The first-order chi connectivity index (χ1) is 7.18. The molecule has 3 nitrogen and oxygen atoms in total. The molecule has 2 rings (SSSR count). The lowest BCUT2D eigenvalue weighted by molar-refractivity contribution is -0.119.